The van der Waals surface area contributed by atoms with E-state index in [0.29, 0.717) is 6.54 Å². The first kappa shape index (κ1) is 14.5. The van der Waals surface area contributed by atoms with Gasteiger partial charge in [0, 0.05) is 25.2 Å². The molecule has 0 aromatic carbocycles. The Morgan fingerprint density at radius 3 is 2.70 bits per heavy atom. The van der Waals surface area contributed by atoms with E-state index in [4.69, 9.17) is 0 Å². The smallest absolute Gasteiger partial charge is 0.211 e. The van der Waals surface area contributed by atoms with Crippen LogP contribution in [-0.2, 0) is 16.6 Å². The normalized spacial score (nSPS) is 29.2. The molecule has 2 fully saturated rings. The summed E-state index contributed by atoms with van der Waals surface area (Å²) in [5.41, 5.74) is 1.21. The fourth-order valence-corrected chi connectivity index (χ4v) is 5.89. The second-order valence-corrected chi connectivity index (χ2v) is 8.80. The van der Waals surface area contributed by atoms with Gasteiger partial charge in [0.15, 0.2) is 0 Å². The van der Waals surface area contributed by atoms with E-state index in [1.165, 1.54) is 11.8 Å². The SMILES string of the molecule is CS(=O)(=O)N1CCC[C@@]12CCCN(Cc1ccsc1)C2. The van der Waals surface area contributed by atoms with Crippen molar-refractivity contribution in [1.82, 2.24) is 9.21 Å². The van der Waals surface area contributed by atoms with Crippen molar-refractivity contribution in [3.63, 3.8) is 0 Å². The van der Waals surface area contributed by atoms with E-state index < -0.39 is 10.0 Å². The molecule has 6 heteroatoms. The number of nitrogens with zero attached hydrogens (tertiary/aromatic N) is 2. The number of likely N-dealkylation sites (tertiary alicyclic amines) is 1. The van der Waals surface area contributed by atoms with Gasteiger partial charge in [-0.3, -0.25) is 4.90 Å². The Kier molecular flexibility index (Phi) is 3.92. The molecule has 0 bridgehead atoms. The van der Waals surface area contributed by atoms with Gasteiger partial charge in [-0.1, -0.05) is 0 Å². The molecule has 1 spiro atoms. The zero-order valence-electron chi connectivity index (χ0n) is 11.9. The van der Waals surface area contributed by atoms with Crippen molar-refractivity contribution >= 4 is 21.4 Å². The Hall–Kier alpha value is -0.430. The third-order valence-corrected chi connectivity index (χ3v) is 6.66. The highest BCUT2D eigenvalue weighted by Crippen LogP contribution is 2.39. The molecule has 0 radical (unpaired) electrons. The van der Waals surface area contributed by atoms with Crippen LogP contribution >= 0.6 is 11.3 Å². The summed E-state index contributed by atoms with van der Waals surface area (Å²) in [7, 11) is -3.09. The van der Waals surface area contributed by atoms with Crippen LogP contribution in [0.1, 0.15) is 31.2 Å². The van der Waals surface area contributed by atoms with Crippen LogP contribution < -0.4 is 0 Å². The highest BCUT2D eigenvalue weighted by atomic mass is 32.2. The van der Waals surface area contributed by atoms with E-state index in [1.807, 2.05) is 0 Å². The Morgan fingerprint density at radius 2 is 2.05 bits per heavy atom. The first-order chi connectivity index (χ1) is 9.50. The van der Waals surface area contributed by atoms with Gasteiger partial charge >= 0.3 is 0 Å². The largest absolute Gasteiger partial charge is 0.297 e. The summed E-state index contributed by atoms with van der Waals surface area (Å²) in [5.74, 6) is 0. The average molecular weight is 314 g/mol. The van der Waals surface area contributed by atoms with E-state index in [-0.39, 0.29) is 5.54 Å². The van der Waals surface area contributed by atoms with Gasteiger partial charge in [-0.15, -0.1) is 0 Å². The molecule has 20 heavy (non-hydrogen) atoms. The van der Waals surface area contributed by atoms with Gasteiger partial charge in [-0.2, -0.15) is 15.6 Å². The van der Waals surface area contributed by atoms with Gasteiger partial charge in [-0.25, -0.2) is 8.42 Å². The number of hydrogen-bond acceptors (Lipinski definition) is 4. The van der Waals surface area contributed by atoms with Crippen LogP contribution in [0.4, 0.5) is 0 Å². The van der Waals surface area contributed by atoms with Crippen LogP contribution in [-0.4, -0.2) is 49.1 Å². The van der Waals surface area contributed by atoms with E-state index in [1.54, 1.807) is 15.6 Å². The Morgan fingerprint density at radius 1 is 1.30 bits per heavy atom. The summed E-state index contributed by atoms with van der Waals surface area (Å²) < 4.78 is 25.9. The van der Waals surface area contributed by atoms with Crippen molar-refractivity contribution in [3.8, 4) is 0 Å². The summed E-state index contributed by atoms with van der Waals surface area (Å²) in [5, 5.41) is 4.29. The summed E-state index contributed by atoms with van der Waals surface area (Å²) in [6, 6.07) is 2.16. The van der Waals surface area contributed by atoms with Crippen LogP contribution in [0, 0.1) is 0 Å². The molecule has 112 valence electrons. The highest BCUT2D eigenvalue weighted by molar-refractivity contribution is 7.88. The molecule has 0 amide bonds. The van der Waals surface area contributed by atoms with Crippen LogP contribution in [0.25, 0.3) is 0 Å². The number of rotatable bonds is 3. The molecule has 4 nitrogen and oxygen atoms in total. The summed E-state index contributed by atoms with van der Waals surface area (Å²) in [6.45, 7) is 3.61. The third kappa shape index (κ3) is 2.79. The molecule has 3 rings (SSSR count). The average Bonchev–Trinajstić information content (AvgIpc) is 2.99. The Balaban J connectivity index is 1.77. The van der Waals surface area contributed by atoms with E-state index >= 15 is 0 Å². The first-order valence-corrected chi connectivity index (χ1v) is 10.0. The number of piperidine rings is 1. The predicted molar refractivity (Wildman–Crippen MR) is 82.3 cm³/mol. The second kappa shape index (κ2) is 5.40. The molecule has 3 heterocycles. The zero-order valence-corrected chi connectivity index (χ0v) is 13.5. The molecule has 0 saturated carbocycles. The standard InChI is InChI=1S/C14H22N2O2S2/c1-20(17,18)16-8-3-6-14(16)5-2-7-15(12-14)10-13-4-9-19-11-13/h4,9,11H,2-3,5-8,10,12H2,1H3/t14-/m1/s1. The van der Waals surface area contributed by atoms with Crippen molar-refractivity contribution in [2.75, 3.05) is 25.9 Å². The van der Waals surface area contributed by atoms with Gasteiger partial charge in [0.25, 0.3) is 0 Å². The van der Waals surface area contributed by atoms with Crippen LogP contribution in [0.5, 0.6) is 0 Å². The highest BCUT2D eigenvalue weighted by Gasteiger charge is 2.47. The summed E-state index contributed by atoms with van der Waals surface area (Å²) in [6.07, 6.45) is 5.48. The van der Waals surface area contributed by atoms with Gasteiger partial charge in [0.1, 0.15) is 0 Å². The molecule has 0 unspecified atom stereocenters. The molecule has 2 saturated heterocycles. The molecule has 2 aliphatic heterocycles. The molecule has 1 aromatic heterocycles. The molecule has 1 atom stereocenters. The first-order valence-electron chi connectivity index (χ1n) is 7.21. The molecular weight excluding hydrogens is 292 g/mol. The second-order valence-electron chi connectivity index (χ2n) is 6.11. The molecule has 2 aliphatic rings. The van der Waals surface area contributed by atoms with Crippen LogP contribution in [0.3, 0.4) is 0 Å². The van der Waals surface area contributed by atoms with Crippen molar-refractivity contribution in [2.24, 2.45) is 0 Å². The van der Waals surface area contributed by atoms with Crippen molar-refractivity contribution in [1.29, 1.82) is 0 Å². The lowest BCUT2D eigenvalue weighted by Crippen LogP contribution is -2.56. The summed E-state index contributed by atoms with van der Waals surface area (Å²) >= 11 is 1.72. The molecule has 1 aromatic rings. The maximum absolute atomic E-state index is 12.0. The predicted octanol–water partition coefficient (Wildman–Crippen LogP) is 2.14. The quantitative estimate of drug-likeness (QED) is 0.858. The lowest BCUT2D eigenvalue weighted by Gasteiger charge is -2.44. The van der Waals surface area contributed by atoms with E-state index in [9.17, 15) is 8.42 Å². The molecular formula is C14H22N2O2S2. The maximum atomic E-state index is 12.0. The fourth-order valence-electron chi connectivity index (χ4n) is 3.82. The maximum Gasteiger partial charge on any atom is 0.211 e. The van der Waals surface area contributed by atoms with Crippen LogP contribution in [0.2, 0.25) is 0 Å². The minimum absolute atomic E-state index is 0.137. The van der Waals surface area contributed by atoms with Gasteiger partial charge < -0.3 is 0 Å². The Bertz CT molecular complexity index is 556. The minimum Gasteiger partial charge on any atom is -0.297 e. The third-order valence-electron chi connectivity index (χ3n) is 4.55. The monoisotopic (exact) mass is 314 g/mol. The fraction of sp³-hybridized carbons (Fsp3) is 0.714. The van der Waals surface area contributed by atoms with Gasteiger partial charge in [0.2, 0.25) is 10.0 Å². The Labute approximate surface area is 125 Å². The van der Waals surface area contributed by atoms with E-state index in [0.717, 1.165) is 45.3 Å². The molecule has 0 aliphatic carbocycles. The van der Waals surface area contributed by atoms with E-state index in [2.05, 4.69) is 21.7 Å². The number of sulfonamides is 1. The minimum atomic E-state index is -3.09. The number of thiophene rings is 1. The topological polar surface area (TPSA) is 40.6 Å². The van der Waals surface area contributed by atoms with Crippen molar-refractivity contribution < 1.29 is 8.42 Å². The van der Waals surface area contributed by atoms with Gasteiger partial charge in [-0.05, 0) is 54.6 Å². The number of hydrogen-bond donors (Lipinski definition) is 0. The lowest BCUT2D eigenvalue weighted by molar-refractivity contribution is 0.0842. The lowest BCUT2D eigenvalue weighted by atomic mass is 9.87. The summed E-state index contributed by atoms with van der Waals surface area (Å²) in [4.78, 5) is 2.43. The molecule has 0 N–H and O–H groups in total. The van der Waals surface area contributed by atoms with Crippen molar-refractivity contribution in [3.05, 3.63) is 22.4 Å². The van der Waals surface area contributed by atoms with Crippen molar-refractivity contribution in [2.45, 2.75) is 37.8 Å². The van der Waals surface area contributed by atoms with Gasteiger partial charge in [0.05, 0.1) is 6.26 Å². The van der Waals surface area contributed by atoms with Crippen LogP contribution in [0.15, 0.2) is 16.8 Å². The zero-order chi connectivity index (χ0) is 14.2.